The molecule has 2 atom stereocenters. The average Bonchev–Trinajstić information content (AvgIpc) is 3.29. The quantitative estimate of drug-likeness (QED) is 0.711. The fraction of sp³-hybridized carbons (Fsp3) is 0.500. The van der Waals surface area contributed by atoms with E-state index in [0.717, 1.165) is 31.6 Å². The monoisotopic (exact) mass is 410 g/mol. The predicted octanol–water partition coefficient (Wildman–Crippen LogP) is 4.48. The standard InChI is InChI=1S/C24H30N2O4/c1-23(2)11-17-12-24(3,15-23)16-26(17)21(27)14-30-22(28)19-8-4-5-9-20(19)25-13-18-7-6-10-29-18/h4-10,17,25H,11-16H2,1-3H3/t17-,24+/m1/s1. The maximum Gasteiger partial charge on any atom is 0.340 e. The average molecular weight is 411 g/mol. The van der Waals surface area contributed by atoms with Gasteiger partial charge in [-0.05, 0) is 54.4 Å². The molecule has 2 aromatic rings. The van der Waals surface area contributed by atoms with Crippen molar-refractivity contribution in [3.8, 4) is 0 Å². The fourth-order valence-corrected chi connectivity index (χ4v) is 5.45. The Balaban J connectivity index is 1.37. The van der Waals surface area contributed by atoms with Crippen LogP contribution in [0.25, 0.3) is 0 Å². The molecule has 1 N–H and O–H groups in total. The number of esters is 1. The van der Waals surface area contributed by atoms with Crippen LogP contribution >= 0.6 is 0 Å². The number of carbonyl (C=O) groups is 2. The lowest BCUT2D eigenvalue weighted by atomic mass is 9.65. The highest BCUT2D eigenvalue weighted by Gasteiger charge is 2.50. The van der Waals surface area contributed by atoms with Gasteiger partial charge in [-0.2, -0.15) is 0 Å². The van der Waals surface area contributed by atoms with Crippen molar-refractivity contribution in [3.05, 3.63) is 54.0 Å². The molecule has 1 aliphatic heterocycles. The van der Waals surface area contributed by atoms with Crippen LogP contribution in [0.5, 0.6) is 0 Å². The van der Waals surface area contributed by atoms with Crippen molar-refractivity contribution in [2.24, 2.45) is 10.8 Å². The summed E-state index contributed by atoms with van der Waals surface area (Å²) in [5, 5.41) is 3.19. The highest BCUT2D eigenvalue weighted by Crippen LogP contribution is 2.52. The summed E-state index contributed by atoms with van der Waals surface area (Å²) < 4.78 is 10.7. The second kappa shape index (κ2) is 7.82. The zero-order valence-corrected chi connectivity index (χ0v) is 17.9. The number of furan rings is 1. The summed E-state index contributed by atoms with van der Waals surface area (Å²) in [7, 11) is 0. The first-order valence-electron chi connectivity index (χ1n) is 10.6. The van der Waals surface area contributed by atoms with E-state index >= 15 is 0 Å². The molecule has 2 fully saturated rings. The van der Waals surface area contributed by atoms with Crippen LogP contribution in [0, 0.1) is 10.8 Å². The third-order valence-corrected chi connectivity index (χ3v) is 6.24. The molecule has 0 spiro atoms. The van der Waals surface area contributed by atoms with Crippen LogP contribution in [0.4, 0.5) is 5.69 Å². The number of nitrogens with one attached hydrogen (secondary N) is 1. The summed E-state index contributed by atoms with van der Waals surface area (Å²) in [6.45, 7) is 7.80. The van der Waals surface area contributed by atoms with E-state index in [1.54, 1.807) is 18.4 Å². The van der Waals surface area contributed by atoms with Gasteiger partial charge >= 0.3 is 5.97 Å². The van der Waals surface area contributed by atoms with E-state index in [0.29, 0.717) is 17.8 Å². The Kier molecular flexibility index (Phi) is 5.35. The summed E-state index contributed by atoms with van der Waals surface area (Å²) in [6, 6.07) is 11.1. The largest absolute Gasteiger partial charge is 0.467 e. The molecule has 1 aromatic heterocycles. The lowest BCUT2D eigenvalue weighted by molar-refractivity contribution is -0.135. The molecule has 6 heteroatoms. The topological polar surface area (TPSA) is 71.8 Å². The van der Waals surface area contributed by atoms with E-state index < -0.39 is 5.97 Å². The first kappa shape index (κ1) is 20.5. The number of hydrogen-bond acceptors (Lipinski definition) is 5. The van der Waals surface area contributed by atoms with Crippen molar-refractivity contribution >= 4 is 17.6 Å². The van der Waals surface area contributed by atoms with Gasteiger partial charge in [0, 0.05) is 18.3 Å². The highest BCUT2D eigenvalue weighted by atomic mass is 16.5. The Bertz CT molecular complexity index is 921. The van der Waals surface area contributed by atoms with E-state index in [9.17, 15) is 9.59 Å². The van der Waals surface area contributed by atoms with Crippen LogP contribution in [0.2, 0.25) is 0 Å². The normalized spacial score (nSPS) is 24.5. The number of rotatable bonds is 6. The van der Waals surface area contributed by atoms with Gasteiger partial charge in [0.25, 0.3) is 5.91 Å². The fourth-order valence-electron chi connectivity index (χ4n) is 5.45. The summed E-state index contributed by atoms with van der Waals surface area (Å²) in [5.41, 5.74) is 1.46. The minimum Gasteiger partial charge on any atom is -0.467 e. The number of amides is 1. The van der Waals surface area contributed by atoms with Crippen LogP contribution in [-0.2, 0) is 16.1 Å². The molecule has 2 aliphatic rings. The first-order valence-corrected chi connectivity index (χ1v) is 10.6. The molecule has 0 unspecified atom stereocenters. The minimum absolute atomic E-state index is 0.101. The van der Waals surface area contributed by atoms with Crippen molar-refractivity contribution in [2.45, 2.75) is 52.6 Å². The van der Waals surface area contributed by atoms with Crippen LogP contribution < -0.4 is 5.32 Å². The Morgan fingerprint density at radius 2 is 1.97 bits per heavy atom. The van der Waals surface area contributed by atoms with Gasteiger partial charge in [-0.1, -0.05) is 32.9 Å². The van der Waals surface area contributed by atoms with Gasteiger partial charge in [0.1, 0.15) is 5.76 Å². The number of hydrogen-bond donors (Lipinski definition) is 1. The van der Waals surface area contributed by atoms with Gasteiger partial charge < -0.3 is 19.4 Å². The molecular formula is C24H30N2O4. The third kappa shape index (κ3) is 4.37. The number of benzene rings is 1. The van der Waals surface area contributed by atoms with Crippen molar-refractivity contribution in [3.63, 3.8) is 0 Å². The maximum atomic E-state index is 12.9. The zero-order valence-electron chi connectivity index (χ0n) is 17.9. The van der Waals surface area contributed by atoms with Crippen molar-refractivity contribution in [1.82, 2.24) is 4.90 Å². The molecule has 1 amide bonds. The molecule has 1 saturated heterocycles. The second-order valence-corrected chi connectivity index (χ2v) is 9.79. The number of ether oxygens (including phenoxy) is 1. The number of carbonyl (C=O) groups excluding carboxylic acids is 2. The molecule has 1 aromatic carbocycles. The van der Waals surface area contributed by atoms with Crippen molar-refractivity contribution in [1.29, 1.82) is 0 Å². The van der Waals surface area contributed by atoms with Crippen LogP contribution in [-0.4, -0.2) is 36.0 Å². The maximum absolute atomic E-state index is 12.9. The predicted molar refractivity (Wildman–Crippen MR) is 114 cm³/mol. The summed E-state index contributed by atoms with van der Waals surface area (Å²) in [5.74, 6) is 0.167. The summed E-state index contributed by atoms with van der Waals surface area (Å²) in [4.78, 5) is 27.5. The lowest BCUT2D eigenvalue weighted by Gasteiger charge is -2.39. The summed E-state index contributed by atoms with van der Waals surface area (Å²) >= 11 is 0. The molecule has 1 saturated carbocycles. The SMILES string of the molecule is CC1(C)C[C@@H]2C[C@](C)(CN2C(=O)COC(=O)c2ccccc2NCc2ccco2)C1. The third-order valence-electron chi connectivity index (χ3n) is 6.24. The van der Waals surface area contributed by atoms with Gasteiger partial charge in [-0.3, -0.25) is 4.79 Å². The van der Waals surface area contributed by atoms with E-state index in [1.165, 1.54) is 0 Å². The molecule has 1 aliphatic carbocycles. The van der Waals surface area contributed by atoms with Crippen LogP contribution in [0.1, 0.15) is 56.2 Å². The number of para-hydroxylation sites is 1. The van der Waals surface area contributed by atoms with E-state index in [-0.39, 0.29) is 29.4 Å². The summed E-state index contributed by atoms with van der Waals surface area (Å²) in [6.07, 6.45) is 4.77. The van der Waals surface area contributed by atoms with Crippen LogP contribution in [0.3, 0.4) is 0 Å². The lowest BCUT2D eigenvalue weighted by Crippen LogP contribution is -2.39. The Morgan fingerprint density at radius 3 is 2.73 bits per heavy atom. The molecule has 0 radical (unpaired) electrons. The van der Waals surface area contributed by atoms with Crippen LogP contribution in [0.15, 0.2) is 47.1 Å². The second-order valence-electron chi connectivity index (χ2n) is 9.79. The molecule has 2 bridgehead atoms. The Hall–Kier alpha value is -2.76. The van der Waals surface area contributed by atoms with E-state index in [4.69, 9.17) is 9.15 Å². The van der Waals surface area contributed by atoms with Crippen molar-refractivity contribution in [2.75, 3.05) is 18.5 Å². The Labute approximate surface area is 177 Å². The molecule has 2 heterocycles. The van der Waals surface area contributed by atoms with Crippen molar-refractivity contribution < 1.29 is 18.7 Å². The van der Waals surface area contributed by atoms with E-state index in [2.05, 4.69) is 26.1 Å². The Morgan fingerprint density at radius 1 is 1.17 bits per heavy atom. The van der Waals surface area contributed by atoms with Gasteiger partial charge in [0.2, 0.25) is 0 Å². The molecule has 160 valence electrons. The number of likely N-dealkylation sites (tertiary alicyclic amines) is 1. The number of nitrogens with zero attached hydrogens (tertiary/aromatic N) is 1. The smallest absolute Gasteiger partial charge is 0.340 e. The molecule has 6 nitrogen and oxygen atoms in total. The van der Waals surface area contributed by atoms with Gasteiger partial charge in [-0.25, -0.2) is 4.79 Å². The molecule has 30 heavy (non-hydrogen) atoms. The molecule has 4 rings (SSSR count). The minimum atomic E-state index is -0.500. The number of anilines is 1. The molecular weight excluding hydrogens is 380 g/mol. The number of fused-ring (bicyclic) bond motifs is 2. The zero-order chi connectivity index (χ0) is 21.4. The van der Waals surface area contributed by atoms with E-state index in [1.807, 2.05) is 29.2 Å². The van der Waals surface area contributed by atoms with Gasteiger partial charge in [0.05, 0.1) is 18.4 Å². The van der Waals surface area contributed by atoms with Gasteiger partial charge in [0.15, 0.2) is 6.61 Å². The van der Waals surface area contributed by atoms with Gasteiger partial charge in [-0.15, -0.1) is 0 Å². The first-order chi connectivity index (χ1) is 14.2. The highest BCUT2D eigenvalue weighted by molar-refractivity contribution is 5.96.